The lowest BCUT2D eigenvalue weighted by Gasteiger charge is -2.33. The molecule has 1 fully saturated rings. The summed E-state index contributed by atoms with van der Waals surface area (Å²) in [4.78, 5) is 10.2. The van der Waals surface area contributed by atoms with Crippen LogP contribution >= 0.6 is 0 Å². The van der Waals surface area contributed by atoms with Crippen molar-refractivity contribution < 1.29 is 26.3 Å². The Morgan fingerprint density at radius 1 is 0.930 bits per heavy atom. The van der Waals surface area contributed by atoms with Gasteiger partial charge in [-0.3, -0.25) is 0 Å². The Labute approximate surface area is 246 Å². The topological polar surface area (TPSA) is 71.2 Å². The maximum absolute atomic E-state index is 13.7. The van der Waals surface area contributed by atoms with E-state index in [0.29, 0.717) is 30.4 Å². The first-order valence-corrected chi connectivity index (χ1v) is 14.1. The van der Waals surface area contributed by atoms with Gasteiger partial charge in [-0.25, -0.2) is 4.98 Å². The Morgan fingerprint density at radius 3 is 2.12 bits per heavy atom. The molecule has 0 atom stereocenters. The van der Waals surface area contributed by atoms with Gasteiger partial charge in [-0.05, 0) is 66.8 Å². The van der Waals surface area contributed by atoms with E-state index in [4.69, 9.17) is 10.5 Å². The molecule has 43 heavy (non-hydrogen) atoms. The van der Waals surface area contributed by atoms with Crippen molar-refractivity contribution in [2.45, 2.75) is 58.0 Å². The van der Waals surface area contributed by atoms with E-state index < -0.39 is 23.5 Å². The molecule has 7 nitrogen and oxygen atoms in total. The number of rotatable bonds is 9. The second-order valence-corrected chi connectivity index (χ2v) is 11.0. The predicted octanol–water partition coefficient (Wildman–Crippen LogP) is 8.15. The fourth-order valence-corrected chi connectivity index (χ4v) is 5.62. The van der Waals surface area contributed by atoms with Crippen LogP contribution < -0.4 is 4.90 Å². The molecule has 1 heterocycles. The second-order valence-electron chi connectivity index (χ2n) is 11.0. The van der Waals surface area contributed by atoms with Crippen LogP contribution in [-0.2, 0) is 25.4 Å². The largest absolute Gasteiger partial charge is 0.416 e. The van der Waals surface area contributed by atoms with Crippen LogP contribution in [0.25, 0.3) is 10.9 Å². The van der Waals surface area contributed by atoms with Gasteiger partial charge in [0, 0.05) is 51.2 Å². The number of fused-ring (bicyclic) bond motifs is 1. The predicted molar refractivity (Wildman–Crippen MR) is 154 cm³/mol. The number of hydrogen-bond donors (Lipinski definition) is 1. The van der Waals surface area contributed by atoms with Gasteiger partial charge in [0.25, 0.3) is 0 Å². The van der Waals surface area contributed by atoms with E-state index in [2.05, 4.69) is 15.2 Å². The van der Waals surface area contributed by atoms with E-state index in [-0.39, 0.29) is 30.7 Å². The molecule has 1 N–H and O–H groups in total. The number of nitrogens with one attached hydrogen (secondary N) is 1. The van der Waals surface area contributed by atoms with Crippen molar-refractivity contribution in [2.24, 2.45) is 16.2 Å². The molecule has 3 aromatic rings. The number of guanidine groups is 1. The smallest absolute Gasteiger partial charge is 0.356 e. The number of hydrogen-bond acceptors (Lipinski definition) is 4. The van der Waals surface area contributed by atoms with Gasteiger partial charge in [-0.15, -0.1) is 0 Å². The standard InChI is InChI=1S/C30H35F6N7/c1-4-42(17-20-9-5-6-10-20)27-23(15-22-11-7-8-12-26(22)38-27)19-43(28(39-40-37)41(2)3)18-21-13-24(29(31,32)33)16-25(14-21)30(34,35)36/h7-8,11-16,20,37H,4-6,9-10,17-19H2,1-3H3/b39-28+,40-37?. The van der Waals surface area contributed by atoms with Crippen LogP contribution in [0.5, 0.6) is 0 Å². The molecule has 1 aliphatic carbocycles. The van der Waals surface area contributed by atoms with Crippen LogP contribution in [-0.4, -0.2) is 47.9 Å². The second kappa shape index (κ2) is 13.2. The molecule has 2 aromatic carbocycles. The molecular formula is C30H35F6N7. The van der Waals surface area contributed by atoms with E-state index in [1.54, 1.807) is 14.1 Å². The van der Waals surface area contributed by atoms with Crippen LogP contribution in [0, 0.1) is 11.4 Å². The average molecular weight is 608 g/mol. The minimum atomic E-state index is -4.98. The van der Waals surface area contributed by atoms with Crippen molar-refractivity contribution in [3.05, 3.63) is 70.8 Å². The monoisotopic (exact) mass is 607 g/mol. The van der Waals surface area contributed by atoms with Crippen molar-refractivity contribution >= 4 is 22.7 Å². The summed E-state index contributed by atoms with van der Waals surface area (Å²) in [7, 11) is 3.23. The highest BCUT2D eigenvalue weighted by atomic mass is 19.4. The number of anilines is 1. The summed E-state index contributed by atoms with van der Waals surface area (Å²) in [5.41, 5.74) is 5.84. The van der Waals surface area contributed by atoms with E-state index in [1.165, 1.54) is 22.6 Å². The van der Waals surface area contributed by atoms with Gasteiger partial charge in [0.15, 0.2) is 0 Å². The highest BCUT2D eigenvalue weighted by molar-refractivity contribution is 5.83. The van der Waals surface area contributed by atoms with Gasteiger partial charge in [0.1, 0.15) is 5.82 Å². The maximum Gasteiger partial charge on any atom is 0.416 e. The summed E-state index contributed by atoms with van der Waals surface area (Å²) >= 11 is 0. The van der Waals surface area contributed by atoms with Gasteiger partial charge in [0.05, 0.1) is 16.6 Å². The molecule has 0 bridgehead atoms. The lowest BCUT2D eigenvalue weighted by Crippen LogP contribution is -2.40. The molecule has 13 heteroatoms. The molecule has 0 unspecified atom stereocenters. The van der Waals surface area contributed by atoms with Gasteiger partial charge in [-0.2, -0.15) is 31.9 Å². The highest BCUT2D eigenvalue weighted by Crippen LogP contribution is 2.37. The van der Waals surface area contributed by atoms with Gasteiger partial charge in [-0.1, -0.05) is 36.1 Å². The van der Waals surface area contributed by atoms with Crippen molar-refractivity contribution in [1.29, 1.82) is 5.53 Å². The fourth-order valence-electron chi connectivity index (χ4n) is 5.62. The molecular weight excluding hydrogens is 572 g/mol. The normalized spacial score (nSPS) is 14.8. The van der Waals surface area contributed by atoms with E-state index >= 15 is 0 Å². The van der Waals surface area contributed by atoms with Crippen LogP contribution in [0.2, 0.25) is 0 Å². The Balaban J connectivity index is 1.83. The van der Waals surface area contributed by atoms with Crippen molar-refractivity contribution in [1.82, 2.24) is 14.8 Å². The highest BCUT2D eigenvalue weighted by Gasteiger charge is 2.37. The zero-order chi connectivity index (χ0) is 31.4. The van der Waals surface area contributed by atoms with E-state index in [1.807, 2.05) is 37.3 Å². The number of halogens is 6. The van der Waals surface area contributed by atoms with Crippen molar-refractivity contribution in [3.63, 3.8) is 0 Å². The summed E-state index contributed by atoms with van der Waals surface area (Å²) in [6, 6.07) is 11.0. The first-order valence-electron chi connectivity index (χ1n) is 14.1. The van der Waals surface area contributed by atoms with Crippen LogP contribution in [0.4, 0.5) is 32.2 Å². The van der Waals surface area contributed by atoms with Gasteiger partial charge < -0.3 is 14.7 Å². The average Bonchev–Trinajstić information content (AvgIpc) is 3.46. The third kappa shape index (κ3) is 7.94. The molecule has 1 aliphatic rings. The minimum Gasteiger partial charge on any atom is -0.356 e. The van der Waals surface area contributed by atoms with Gasteiger partial charge >= 0.3 is 12.4 Å². The summed E-state index contributed by atoms with van der Waals surface area (Å²) in [6.45, 7) is 3.15. The summed E-state index contributed by atoms with van der Waals surface area (Å²) in [6.07, 6.45) is -5.38. The number of pyridine rings is 1. The molecule has 232 valence electrons. The molecule has 0 aliphatic heterocycles. The quantitative estimate of drug-likeness (QED) is 0.0876. The van der Waals surface area contributed by atoms with E-state index in [0.717, 1.165) is 35.9 Å². The number of aromatic nitrogens is 1. The van der Waals surface area contributed by atoms with Crippen LogP contribution in [0.15, 0.2) is 58.9 Å². The first-order chi connectivity index (χ1) is 20.3. The lowest BCUT2D eigenvalue weighted by molar-refractivity contribution is -0.143. The Hall–Kier alpha value is -3.90. The first kappa shape index (κ1) is 32.0. The number of benzene rings is 2. The molecule has 0 amide bonds. The van der Waals surface area contributed by atoms with Crippen LogP contribution in [0.1, 0.15) is 54.9 Å². The van der Waals surface area contributed by atoms with E-state index in [9.17, 15) is 26.3 Å². The molecule has 0 spiro atoms. The fraction of sp³-hybridized carbons (Fsp3) is 0.467. The molecule has 4 rings (SSSR count). The molecule has 1 aromatic heterocycles. The molecule has 1 saturated carbocycles. The maximum atomic E-state index is 13.7. The molecule has 0 radical (unpaired) electrons. The van der Waals surface area contributed by atoms with Gasteiger partial charge in [0.2, 0.25) is 5.96 Å². The number of alkyl halides is 6. The molecule has 0 saturated heterocycles. The summed E-state index contributed by atoms with van der Waals surface area (Å²) < 4.78 is 81.9. The zero-order valence-corrected chi connectivity index (χ0v) is 24.3. The summed E-state index contributed by atoms with van der Waals surface area (Å²) in [5.74, 6) is 1.29. The third-order valence-electron chi connectivity index (χ3n) is 7.62. The number of nitrogens with zero attached hydrogens (tertiary/aromatic N) is 6. The zero-order valence-electron chi connectivity index (χ0n) is 24.3. The van der Waals surface area contributed by atoms with Crippen LogP contribution in [0.3, 0.4) is 0 Å². The third-order valence-corrected chi connectivity index (χ3v) is 7.62. The summed E-state index contributed by atoms with van der Waals surface area (Å²) in [5, 5.41) is 7.85. The van der Waals surface area contributed by atoms with Crippen molar-refractivity contribution in [3.8, 4) is 0 Å². The SMILES string of the molecule is CCN(CC1CCCC1)c1nc2ccccc2cc1CN(Cc1cc(C(F)(F)F)cc(C(F)(F)F)c1)/C(=N/N=N)N(C)C. The number of para-hydroxylation sites is 1. The Kier molecular flexibility index (Phi) is 9.81. The lowest BCUT2D eigenvalue weighted by atomic mass is 10.0. The Morgan fingerprint density at radius 2 is 1.56 bits per heavy atom. The Bertz CT molecular complexity index is 1410. The minimum absolute atomic E-state index is 0.0401. The van der Waals surface area contributed by atoms with Crippen molar-refractivity contribution in [2.75, 3.05) is 32.1 Å².